The number of rotatable bonds is 10. The standard InChI is InChI=1S/C26H31N5O6S/c1-14(2)28-26-30-20(13-38-26)19-11-22(17-6-5-15(36-4)9-18(17)29-19)37-16-10-21(25(34)35)31(12-16)24(33)8-7-23(32)27-3/h5-6,9,11,13-14,16,21H,7-8,10,12H2,1-4H3,(H,27,32)(H,28,30)(H,34,35)/t16-,21+/m1/s1. The normalized spacial score (nSPS) is 17.0. The highest BCUT2D eigenvalue weighted by atomic mass is 32.1. The van der Waals surface area contributed by atoms with Crippen molar-refractivity contribution in [3.05, 3.63) is 29.6 Å². The van der Waals surface area contributed by atoms with Crippen LogP contribution >= 0.6 is 11.3 Å². The Morgan fingerprint density at radius 2 is 1.97 bits per heavy atom. The highest BCUT2D eigenvalue weighted by molar-refractivity contribution is 7.14. The van der Waals surface area contributed by atoms with E-state index in [9.17, 15) is 19.5 Å². The van der Waals surface area contributed by atoms with Crippen LogP contribution in [-0.4, -0.2) is 76.6 Å². The van der Waals surface area contributed by atoms with E-state index in [2.05, 4.69) is 15.6 Å². The maximum atomic E-state index is 12.8. The molecule has 4 rings (SSSR count). The van der Waals surface area contributed by atoms with Gasteiger partial charge in [0.2, 0.25) is 11.8 Å². The van der Waals surface area contributed by atoms with Crippen molar-refractivity contribution in [2.45, 2.75) is 51.3 Å². The number of nitrogens with one attached hydrogen (secondary N) is 2. The van der Waals surface area contributed by atoms with Gasteiger partial charge in [0, 0.05) is 55.3 Å². The first kappa shape index (κ1) is 27.1. The number of methoxy groups -OCH3 is 1. The van der Waals surface area contributed by atoms with E-state index in [1.54, 1.807) is 25.3 Å². The van der Waals surface area contributed by atoms with Gasteiger partial charge in [0.1, 0.15) is 29.3 Å². The third-order valence-electron chi connectivity index (χ3n) is 6.16. The minimum atomic E-state index is -1.11. The predicted molar refractivity (Wildman–Crippen MR) is 144 cm³/mol. The number of carbonyl (C=O) groups excluding carboxylic acids is 2. The molecule has 3 N–H and O–H groups in total. The van der Waals surface area contributed by atoms with Crippen molar-refractivity contribution in [2.24, 2.45) is 0 Å². The maximum absolute atomic E-state index is 12.8. The monoisotopic (exact) mass is 541 g/mol. The van der Waals surface area contributed by atoms with Crippen molar-refractivity contribution < 1.29 is 29.0 Å². The van der Waals surface area contributed by atoms with Crippen LogP contribution in [0.15, 0.2) is 29.6 Å². The first-order chi connectivity index (χ1) is 18.2. The maximum Gasteiger partial charge on any atom is 0.326 e. The molecule has 0 unspecified atom stereocenters. The van der Waals surface area contributed by atoms with Crippen LogP contribution in [0.1, 0.15) is 33.1 Å². The molecule has 1 fully saturated rings. The van der Waals surface area contributed by atoms with Crippen LogP contribution in [0.2, 0.25) is 0 Å². The minimum Gasteiger partial charge on any atom is -0.497 e. The number of likely N-dealkylation sites (tertiary alicyclic amines) is 1. The lowest BCUT2D eigenvalue weighted by atomic mass is 10.1. The Morgan fingerprint density at radius 3 is 2.66 bits per heavy atom. The van der Waals surface area contributed by atoms with Crippen LogP contribution < -0.4 is 20.1 Å². The second-order valence-corrected chi connectivity index (χ2v) is 10.1. The second kappa shape index (κ2) is 11.6. The summed E-state index contributed by atoms with van der Waals surface area (Å²) >= 11 is 1.47. The van der Waals surface area contributed by atoms with Crippen molar-refractivity contribution in [3.8, 4) is 22.9 Å². The summed E-state index contributed by atoms with van der Waals surface area (Å²) in [7, 11) is 3.07. The molecule has 12 heteroatoms. The van der Waals surface area contributed by atoms with Gasteiger partial charge < -0.3 is 30.1 Å². The van der Waals surface area contributed by atoms with E-state index < -0.39 is 24.0 Å². The Morgan fingerprint density at radius 1 is 1.18 bits per heavy atom. The van der Waals surface area contributed by atoms with E-state index in [0.717, 1.165) is 10.5 Å². The Labute approximate surface area is 224 Å². The molecular weight excluding hydrogens is 510 g/mol. The number of fused-ring (bicyclic) bond motifs is 1. The van der Waals surface area contributed by atoms with E-state index in [4.69, 9.17) is 14.5 Å². The van der Waals surface area contributed by atoms with Gasteiger partial charge in [-0.3, -0.25) is 9.59 Å². The molecule has 3 aromatic rings. The second-order valence-electron chi connectivity index (χ2n) is 9.27. The first-order valence-corrected chi connectivity index (χ1v) is 13.2. The fourth-order valence-electron chi connectivity index (χ4n) is 4.30. The molecule has 1 saturated heterocycles. The predicted octanol–water partition coefficient (Wildman–Crippen LogP) is 3.15. The smallest absolute Gasteiger partial charge is 0.326 e. The molecule has 0 bridgehead atoms. The molecular formula is C26H31N5O6S. The summed E-state index contributed by atoms with van der Waals surface area (Å²) in [4.78, 5) is 47.0. The Hall–Kier alpha value is -3.93. The zero-order valence-corrected chi connectivity index (χ0v) is 22.5. The Balaban J connectivity index is 1.63. The number of pyridine rings is 1. The van der Waals surface area contributed by atoms with Crippen LogP contribution in [0.4, 0.5) is 5.13 Å². The van der Waals surface area contributed by atoms with Gasteiger partial charge in [-0.25, -0.2) is 14.8 Å². The highest BCUT2D eigenvalue weighted by Crippen LogP contribution is 2.35. The van der Waals surface area contributed by atoms with E-state index in [1.807, 2.05) is 25.3 Å². The van der Waals surface area contributed by atoms with E-state index in [-0.39, 0.29) is 37.8 Å². The number of hydrogen-bond acceptors (Lipinski definition) is 9. The van der Waals surface area contributed by atoms with Crippen LogP contribution in [0, 0.1) is 0 Å². The molecule has 11 nitrogen and oxygen atoms in total. The zero-order chi connectivity index (χ0) is 27.4. The molecule has 0 spiro atoms. The molecule has 2 atom stereocenters. The van der Waals surface area contributed by atoms with E-state index in [0.29, 0.717) is 28.4 Å². The summed E-state index contributed by atoms with van der Waals surface area (Å²) in [6.45, 7) is 4.16. The molecule has 2 amide bonds. The number of benzene rings is 1. The summed E-state index contributed by atoms with van der Waals surface area (Å²) in [5.41, 5.74) is 1.91. The Bertz CT molecular complexity index is 1340. The fourth-order valence-corrected chi connectivity index (χ4v) is 5.15. The fraction of sp³-hybridized carbons (Fsp3) is 0.423. The summed E-state index contributed by atoms with van der Waals surface area (Å²) < 4.78 is 11.7. The van der Waals surface area contributed by atoms with Crippen molar-refractivity contribution >= 4 is 45.2 Å². The molecule has 0 saturated carbocycles. The SMILES string of the molecule is CNC(=O)CCC(=O)N1C[C@H](Oc2cc(-c3csc(NC(C)C)n3)nc3cc(OC)ccc23)C[C@H]1C(=O)O. The molecule has 1 aromatic carbocycles. The minimum absolute atomic E-state index is 0.00875. The van der Waals surface area contributed by atoms with E-state index in [1.165, 1.54) is 23.3 Å². The van der Waals surface area contributed by atoms with Crippen LogP contribution in [0.5, 0.6) is 11.5 Å². The van der Waals surface area contributed by atoms with Gasteiger partial charge in [-0.1, -0.05) is 0 Å². The van der Waals surface area contributed by atoms with Crippen molar-refractivity contribution in [1.29, 1.82) is 0 Å². The largest absolute Gasteiger partial charge is 0.497 e. The first-order valence-electron chi connectivity index (χ1n) is 12.3. The number of aromatic nitrogens is 2. The van der Waals surface area contributed by atoms with Gasteiger partial charge in [0.05, 0.1) is 24.9 Å². The summed E-state index contributed by atoms with van der Waals surface area (Å²) in [5, 5.41) is 18.9. The number of ether oxygens (including phenoxy) is 2. The average Bonchev–Trinajstić information content (AvgIpc) is 3.53. The Kier molecular flexibility index (Phi) is 8.30. The van der Waals surface area contributed by atoms with Crippen LogP contribution in [0.3, 0.4) is 0 Å². The van der Waals surface area contributed by atoms with Gasteiger partial charge in [-0.05, 0) is 26.0 Å². The van der Waals surface area contributed by atoms with Crippen LogP contribution in [0.25, 0.3) is 22.3 Å². The molecule has 38 heavy (non-hydrogen) atoms. The zero-order valence-electron chi connectivity index (χ0n) is 21.7. The van der Waals surface area contributed by atoms with Gasteiger partial charge in [0.15, 0.2) is 5.13 Å². The quantitative estimate of drug-likeness (QED) is 0.353. The topological polar surface area (TPSA) is 143 Å². The number of aliphatic carboxylic acids is 1. The van der Waals surface area contributed by atoms with Crippen molar-refractivity contribution in [1.82, 2.24) is 20.2 Å². The number of hydrogen-bond donors (Lipinski definition) is 3. The van der Waals surface area contributed by atoms with Crippen molar-refractivity contribution in [2.75, 3.05) is 26.0 Å². The molecule has 1 aliphatic heterocycles. The molecule has 0 radical (unpaired) electrons. The summed E-state index contributed by atoms with van der Waals surface area (Å²) in [5.74, 6) is -0.648. The van der Waals surface area contributed by atoms with Gasteiger partial charge >= 0.3 is 5.97 Å². The lowest BCUT2D eigenvalue weighted by molar-refractivity contribution is -0.148. The number of carboxylic acids is 1. The van der Waals surface area contributed by atoms with E-state index >= 15 is 0 Å². The van der Waals surface area contributed by atoms with Gasteiger partial charge in [-0.15, -0.1) is 11.3 Å². The number of thiazole rings is 1. The highest BCUT2D eigenvalue weighted by Gasteiger charge is 2.41. The molecule has 202 valence electrons. The molecule has 1 aliphatic rings. The third-order valence-corrected chi connectivity index (χ3v) is 6.94. The summed E-state index contributed by atoms with van der Waals surface area (Å²) in [6.07, 6.45) is -0.524. The van der Waals surface area contributed by atoms with Gasteiger partial charge in [-0.2, -0.15) is 0 Å². The number of nitrogens with zero attached hydrogens (tertiary/aromatic N) is 3. The number of amides is 2. The van der Waals surface area contributed by atoms with Crippen molar-refractivity contribution in [3.63, 3.8) is 0 Å². The number of carbonyl (C=O) groups is 3. The number of carboxylic acid groups (broad SMARTS) is 1. The molecule has 3 heterocycles. The molecule has 2 aromatic heterocycles. The summed E-state index contributed by atoms with van der Waals surface area (Å²) in [6, 6.07) is 6.42. The third kappa shape index (κ3) is 6.13. The lowest BCUT2D eigenvalue weighted by Crippen LogP contribution is -2.41. The number of anilines is 1. The average molecular weight is 542 g/mol. The van der Waals surface area contributed by atoms with Gasteiger partial charge in [0.25, 0.3) is 0 Å². The van der Waals surface area contributed by atoms with Crippen LogP contribution in [-0.2, 0) is 14.4 Å². The lowest BCUT2D eigenvalue weighted by Gasteiger charge is -2.21. The molecule has 0 aliphatic carbocycles.